The summed E-state index contributed by atoms with van der Waals surface area (Å²) < 4.78 is 5.34. The van der Waals surface area contributed by atoms with E-state index < -0.39 is 6.10 Å². The lowest BCUT2D eigenvalue weighted by Gasteiger charge is -2.12. The first-order valence-electron chi connectivity index (χ1n) is 4.99. The Labute approximate surface area is 82.3 Å². The Hall–Kier alpha value is -0.940. The van der Waals surface area contributed by atoms with Crippen LogP contribution in [0.1, 0.15) is 50.0 Å². The Balaban J connectivity index is 2.07. The van der Waals surface area contributed by atoms with Gasteiger partial charge in [-0.3, -0.25) is 0 Å². The second-order valence-electron chi connectivity index (χ2n) is 3.77. The van der Waals surface area contributed by atoms with Crippen molar-refractivity contribution < 1.29 is 9.52 Å². The van der Waals surface area contributed by atoms with E-state index in [1.54, 1.807) is 0 Å². The highest BCUT2D eigenvalue weighted by Gasteiger charge is 2.31. The molecule has 0 amide bonds. The Morgan fingerprint density at radius 3 is 2.86 bits per heavy atom. The average Bonchev–Trinajstić information content (AvgIpc) is 2.94. The molecule has 0 aliphatic heterocycles. The fourth-order valence-corrected chi connectivity index (χ4v) is 1.27. The summed E-state index contributed by atoms with van der Waals surface area (Å²) in [7, 11) is 0. The molecule has 1 aromatic rings. The van der Waals surface area contributed by atoms with Gasteiger partial charge in [-0.25, -0.2) is 0 Å². The molecule has 0 radical (unpaired) electrons. The second-order valence-corrected chi connectivity index (χ2v) is 3.77. The van der Waals surface area contributed by atoms with E-state index in [9.17, 15) is 5.11 Å². The minimum absolute atomic E-state index is 0.251. The predicted octanol–water partition coefficient (Wildman–Crippen LogP) is 0.718. The smallest absolute Gasteiger partial charge is 0.246 e. The lowest BCUT2D eigenvalue weighted by Crippen LogP contribution is -2.27. The quantitative estimate of drug-likeness (QED) is 0.742. The topological polar surface area (TPSA) is 85.2 Å². The SMILES string of the molecule is CCC(N)C(O)c1nnc(C2CC2)o1. The fourth-order valence-electron chi connectivity index (χ4n) is 1.27. The Morgan fingerprint density at radius 1 is 1.57 bits per heavy atom. The zero-order valence-corrected chi connectivity index (χ0v) is 8.18. The molecular weight excluding hydrogens is 182 g/mol. The summed E-state index contributed by atoms with van der Waals surface area (Å²) >= 11 is 0. The van der Waals surface area contributed by atoms with Gasteiger partial charge in [0.2, 0.25) is 11.8 Å². The van der Waals surface area contributed by atoms with Crippen molar-refractivity contribution in [1.29, 1.82) is 0 Å². The number of aromatic nitrogens is 2. The van der Waals surface area contributed by atoms with Gasteiger partial charge in [0.15, 0.2) is 0 Å². The third kappa shape index (κ3) is 1.78. The minimum atomic E-state index is -0.833. The standard InChI is InChI=1S/C9H15N3O2/c1-2-6(10)7(13)9-12-11-8(14-9)5-3-4-5/h5-7,13H,2-4,10H2,1H3. The maximum atomic E-state index is 9.68. The number of rotatable bonds is 4. The maximum Gasteiger partial charge on any atom is 0.246 e. The molecule has 78 valence electrons. The van der Waals surface area contributed by atoms with Crippen LogP contribution < -0.4 is 5.73 Å². The molecule has 2 unspecified atom stereocenters. The molecule has 1 aromatic heterocycles. The Kier molecular flexibility index (Phi) is 2.52. The van der Waals surface area contributed by atoms with Gasteiger partial charge in [-0.15, -0.1) is 10.2 Å². The van der Waals surface area contributed by atoms with Gasteiger partial charge in [-0.05, 0) is 19.3 Å². The second kappa shape index (κ2) is 3.67. The zero-order valence-electron chi connectivity index (χ0n) is 8.18. The number of hydrogen-bond donors (Lipinski definition) is 2. The summed E-state index contributed by atoms with van der Waals surface area (Å²) in [6.45, 7) is 1.91. The molecule has 0 aromatic carbocycles. The Bertz CT molecular complexity index is 309. The lowest BCUT2D eigenvalue weighted by atomic mass is 10.1. The monoisotopic (exact) mass is 197 g/mol. The summed E-state index contributed by atoms with van der Waals surface area (Å²) in [6, 6.07) is -0.331. The van der Waals surface area contributed by atoms with Gasteiger partial charge in [0.05, 0.1) is 0 Å². The van der Waals surface area contributed by atoms with Crippen molar-refractivity contribution in [1.82, 2.24) is 10.2 Å². The first-order valence-corrected chi connectivity index (χ1v) is 4.99. The molecule has 5 nitrogen and oxygen atoms in total. The third-order valence-electron chi connectivity index (χ3n) is 2.51. The van der Waals surface area contributed by atoms with Crippen LogP contribution in [0.5, 0.6) is 0 Å². The van der Waals surface area contributed by atoms with Crippen LogP contribution in [0.25, 0.3) is 0 Å². The summed E-state index contributed by atoms with van der Waals surface area (Å²) in [5, 5.41) is 17.4. The van der Waals surface area contributed by atoms with Crippen molar-refractivity contribution in [3.05, 3.63) is 11.8 Å². The van der Waals surface area contributed by atoms with Crippen LogP contribution in [-0.4, -0.2) is 21.3 Å². The van der Waals surface area contributed by atoms with Crippen molar-refractivity contribution in [2.45, 2.75) is 44.2 Å². The van der Waals surface area contributed by atoms with Crippen molar-refractivity contribution in [3.8, 4) is 0 Å². The van der Waals surface area contributed by atoms with Gasteiger partial charge in [0.25, 0.3) is 0 Å². The van der Waals surface area contributed by atoms with Gasteiger partial charge < -0.3 is 15.3 Å². The molecule has 1 aliphatic carbocycles. The molecular formula is C9H15N3O2. The number of nitrogens with two attached hydrogens (primary N) is 1. The summed E-state index contributed by atoms with van der Waals surface area (Å²) in [5.74, 6) is 1.31. The highest BCUT2D eigenvalue weighted by molar-refractivity contribution is 5.01. The molecule has 1 saturated carbocycles. The Morgan fingerprint density at radius 2 is 2.29 bits per heavy atom. The molecule has 14 heavy (non-hydrogen) atoms. The molecule has 1 aliphatic rings. The van der Waals surface area contributed by atoms with E-state index >= 15 is 0 Å². The number of aliphatic hydroxyl groups is 1. The predicted molar refractivity (Wildman–Crippen MR) is 49.5 cm³/mol. The summed E-state index contributed by atoms with van der Waals surface area (Å²) in [4.78, 5) is 0. The van der Waals surface area contributed by atoms with E-state index in [0.29, 0.717) is 18.2 Å². The van der Waals surface area contributed by atoms with E-state index in [1.165, 1.54) is 0 Å². The number of hydrogen-bond acceptors (Lipinski definition) is 5. The average molecular weight is 197 g/mol. The van der Waals surface area contributed by atoms with Gasteiger partial charge in [0, 0.05) is 12.0 Å². The van der Waals surface area contributed by atoms with Gasteiger partial charge in [0.1, 0.15) is 6.10 Å². The highest BCUT2D eigenvalue weighted by Crippen LogP contribution is 2.39. The zero-order chi connectivity index (χ0) is 10.1. The summed E-state index contributed by atoms with van der Waals surface area (Å²) in [5.41, 5.74) is 5.67. The van der Waals surface area contributed by atoms with Gasteiger partial charge in [-0.2, -0.15) is 0 Å². The van der Waals surface area contributed by atoms with Crippen LogP contribution in [0.2, 0.25) is 0 Å². The van der Waals surface area contributed by atoms with Crippen LogP contribution >= 0.6 is 0 Å². The van der Waals surface area contributed by atoms with E-state index in [2.05, 4.69) is 10.2 Å². The molecule has 0 spiro atoms. The van der Waals surface area contributed by atoms with Crippen LogP contribution in [0.3, 0.4) is 0 Å². The van der Waals surface area contributed by atoms with Crippen molar-refractivity contribution in [2.24, 2.45) is 5.73 Å². The molecule has 0 saturated heterocycles. The first-order chi connectivity index (χ1) is 6.72. The van der Waals surface area contributed by atoms with E-state index in [-0.39, 0.29) is 11.9 Å². The molecule has 2 atom stereocenters. The number of nitrogens with zero attached hydrogens (tertiary/aromatic N) is 2. The number of aliphatic hydroxyl groups excluding tert-OH is 1. The van der Waals surface area contributed by atoms with Crippen LogP contribution in [0.4, 0.5) is 0 Å². The van der Waals surface area contributed by atoms with Crippen LogP contribution in [0.15, 0.2) is 4.42 Å². The third-order valence-corrected chi connectivity index (χ3v) is 2.51. The van der Waals surface area contributed by atoms with E-state index in [1.807, 2.05) is 6.92 Å². The van der Waals surface area contributed by atoms with Crippen molar-refractivity contribution in [3.63, 3.8) is 0 Å². The minimum Gasteiger partial charge on any atom is -0.422 e. The highest BCUT2D eigenvalue weighted by atomic mass is 16.4. The van der Waals surface area contributed by atoms with E-state index in [4.69, 9.17) is 10.2 Å². The molecule has 1 heterocycles. The maximum absolute atomic E-state index is 9.68. The van der Waals surface area contributed by atoms with Crippen molar-refractivity contribution in [2.75, 3.05) is 0 Å². The van der Waals surface area contributed by atoms with Crippen LogP contribution in [0, 0.1) is 0 Å². The van der Waals surface area contributed by atoms with Gasteiger partial charge >= 0.3 is 0 Å². The first kappa shape index (κ1) is 9.61. The lowest BCUT2D eigenvalue weighted by molar-refractivity contribution is 0.112. The molecule has 3 N–H and O–H groups in total. The molecule has 5 heteroatoms. The van der Waals surface area contributed by atoms with E-state index in [0.717, 1.165) is 12.8 Å². The van der Waals surface area contributed by atoms with Crippen LogP contribution in [-0.2, 0) is 0 Å². The molecule has 2 rings (SSSR count). The summed E-state index contributed by atoms with van der Waals surface area (Å²) in [6.07, 6.45) is 2.07. The van der Waals surface area contributed by atoms with Gasteiger partial charge in [-0.1, -0.05) is 6.92 Å². The van der Waals surface area contributed by atoms with Crippen molar-refractivity contribution >= 4 is 0 Å². The molecule has 0 bridgehead atoms. The fraction of sp³-hybridized carbons (Fsp3) is 0.778. The largest absolute Gasteiger partial charge is 0.422 e. The normalized spacial score (nSPS) is 20.8. The molecule has 1 fully saturated rings.